The third-order valence-corrected chi connectivity index (χ3v) is 4.68. The smallest absolute Gasteiger partial charge is 0.325 e. The second kappa shape index (κ2) is 7.78. The molecule has 8 nitrogen and oxygen atoms in total. The molecule has 0 bridgehead atoms. The number of hydrogen-bond acceptors (Lipinski definition) is 5. The SMILES string of the molecule is COc1ccc(NC(=O)CN2C(=O)NC(C)(c3ccc(F)cc3)C2=O)c(OC)c1. The van der Waals surface area contributed by atoms with Crippen LogP contribution in [0.4, 0.5) is 14.9 Å². The average Bonchev–Trinajstić information content (AvgIpc) is 2.92. The van der Waals surface area contributed by atoms with Crippen LogP contribution in [0.25, 0.3) is 0 Å². The molecule has 9 heteroatoms. The number of imide groups is 1. The van der Waals surface area contributed by atoms with E-state index in [0.29, 0.717) is 22.7 Å². The summed E-state index contributed by atoms with van der Waals surface area (Å²) in [5.74, 6) is -0.736. The standard InChI is InChI=1S/C20H20FN3O5/c1-20(12-4-6-13(21)7-5-12)18(26)24(19(27)23-20)11-17(25)22-15-9-8-14(28-2)10-16(15)29-3/h4-10H,11H2,1-3H3,(H,22,25)(H,23,27). The maximum absolute atomic E-state index is 13.2. The van der Waals surface area contributed by atoms with E-state index in [0.717, 1.165) is 4.90 Å². The molecule has 0 spiro atoms. The van der Waals surface area contributed by atoms with Crippen molar-refractivity contribution in [3.63, 3.8) is 0 Å². The molecule has 2 aromatic rings. The van der Waals surface area contributed by atoms with Crippen molar-refractivity contribution >= 4 is 23.5 Å². The topological polar surface area (TPSA) is 97.0 Å². The van der Waals surface area contributed by atoms with Gasteiger partial charge >= 0.3 is 6.03 Å². The number of amides is 4. The Bertz CT molecular complexity index is 963. The van der Waals surface area contributed by atoms with E-state index in [1.54, 1.807) is 18.2 Å². The van der Waals surface area contributed by atoms with Crippen molar-refractivity contribution in [3.8, 4) is 11.5 Å². The number of nitrogens with one attached hydrogen (secondary N) is 2. The third-order valence-electron chi connectivity index (χ3n) is 4.68. The molecule has 3 rings (SSSR count). The third kappa shape index (κ3) is 3.84. The molecule has 1 fully saturated rings. The summed E-state index contributed by atoms with van der Waals surface area (Å²) in [4.78, 5) is 38.4. The van der Waals surface area contributed by atoms with Crippen LogP contribution in [-0.4, -0.2) is 43.5 Å². The largest absolute Gasteiger partial charge is 0.497 e. The van der Waals surface area contributed by atoms with E-state index in [2.05, 4.69) is 10.6 Å². The molecule has 0 saturated carbocycles. The monoisotopic (exact) mass is 401 g/mol. The molecule has 0 radical (unpaired) electrons. The number of hydrogen-bond donors (Lipinski definition) is 2. The molecule has 2 N–H and O–H groups in total. The van der Waals surface area contributed by atoms with Crippen LogP contribution in [0.1, 0.15) is 12.5 Å². The fourth-order valence-corrected chi connectivity index (χ4v) is 3.05. The van der Waals surface area contributed by atoms with Gasteiger partial charge in [0.05, 0.1) is 19.9 Å². The first-order valence-electron chi connectivity index (χ1n) is 8.70. The second-order valence-electron chi connectivity index (χ2n) is 6.57. The zero-order valence-corrected chi connectivity index (χ0v) is 16.1. The normalized spacial score (nSPS) is 18.4. The summed E-state index contributed by atoms with van der Waals surface area (Å²) in [6, 6.07) is 9.34. The molecule has 2 aromatic carbocycles. The molecule has 1 aliphatic rings. The van der Waals surface area contributed by atoms with Crippen LogP contribution in [0, 0.1) is 5.82 Å². The van der Waals surface area contributed by atoms with Crippen molar-refractivity contribution in [1.82, 2.24) is 10.2 Å². The van der Waals surface area contributed by atoms with Gasteiger partial charge in [0.25, 0.3) is 5.91 Å². The van der Waals surface area contributed by atoms with Crippen LogP contribution in [0.15, 0.2) is 42.5 Å². The Labute approximate surface area is 166 Å². The van der Waals surface area contributed by atoms with Crippen molar-refractivity contribution in [3.05, 3.63) is 53.8 Å². The molecule has 0 aromatic heterocycles. The number of ether oxygens (including phenoxy) is 2. The van der Waals surface area contributed by atoms with Gasteiger partial charge in [-0.05, 0) is 36.8 Å². The lowest BCUT2D eigenvalue weighted by Gasteiger charge is -2.22. The summed E-state index contributed by atoms with van der Waals surface area (Å²) in [6.07, 6.45) is 0. The molecule has 1 atom stereocenters. The maximum atomic E-state index is 13.2. The van der Waals surface area contributed by atoms with Crippen LogP contribution in [0.3, 0.4) is 0 Å². The molecule has 4 amide bonds. The minimum absolute atomic E-state index is 0.367. The highest BCUT2D eigenvalue weighted by Gasteiger charge is 2.49. The molecule has 29 heavy (non-hydrogen) atoms. The highest BCUT2D eigenvalue weighted by atomic mass is 19.1. The molecular formula is C20H20FN3O5. The lowest BCUT2D eigenvalue weighted by Crippen LogP contribution is -2.42. The fourth-order valence-electron chi connectivity index (χ4n) is 3.05. The Morgan fingerprint density at radius 2 is 1.83 bits per heavy atom. The predicted molar refractivity (Wildman–Crippen MR) is 102 cm³/mol. The van der Waals surface area contributed by atoms with Gasteiger partial charge in [0.1, 0.15) is 29.4 Å². The Kier molecular flexibility index (Phi) is 5.40. The minimum Gasteiger partial charge on any atom is -0.497 e. The zero-order chi connectivity index (χ0) is 21.2. The number of urea groups is 1. The number of anilines is 1. The minimum atomic E-state index is -1.39. The summed E-state index contributed by atoms with van der Waals surface area (Å²) in [7, 11) is 2.94. The van der Waals surface area contributed by atoms with E-state index < -0.39 is 35.7 Å². The van der Waals surface area contributed by atoms with Gasteiger partial charge < -0.3 is 20.1 Å². The average molecular weight is 401 g/mol. The molecule has 152 valence electrons. The van der Waals surface area contributed by atoms with Gasteiger partial charge in [0, 0.05) is 6.07 Å². The summed E-state index contributed by atoms with van der Waals surface area (Å²) >= 11 is 0. The second-order valence-corrected chi connectivity index (χ2v) is 6.57. The van der Waals surface area contributed by atoms with Crippen molar-refractivity contribution in [1.29, 1.82) is 0 Å². The molecule has 0 aliphatic carbocycles. The molecule has 1 saturated heterocycles. The first-order chi connectivity index (χ1) is 13.8. The molecule has 1 heterocycles. The van der Waals surface area contributed by atoms with Crippen LogP contribution >= 0.6 is 0 Å². The first kappa shape index (κ1) is 20.1. The molecular weight excluding hydrogens is 381 g/mol. The van der Waals surface area contributed by atoms with Crippen molar-refractivity contribution in [2.45, 2.75) is 12.5 Å². The number of carbonyl (C=O) groups excluding carboxylic acids is 3. The van der Waals surface area contributed by atoms with E-state index in [9.17, 15) is 18.8 Å². The van der Waals surface area contributed by atoms with Gasteiger partial charge in [-0.15, -0.1) is 0 Å². The number of methoxy groups -OCH3 is 2. The van der Waals surface area contributed by atoms with Gasteiger partial charge in [-0.3, -0.25) is 14.5 Å². The van der Waals surface area contributed by atoms with Crippen LogP contribution in [-0.2, 0) is 15.1 Å². The highest BCUT2D eigenvalue weighted by Crippen LogP contribution is 2.30. The first-order valence-corrected chi connectivity index (χ1v) is 8.70. The zero-order valence-electron chi connectivity index (χ0n) is 16.1. The van der Waals surface area contributed by atoms with E-state index >= 15 is 0 Å². The van der Waals surface area contributed by atoms with Gasteiger partial charge in [-0.1, -0.05) is 12.1 Å². The number of rotatable bonds is 6. The van der Waals surface area contributed by atoms with E-state index in [-0.39, 0.29) is 0 Å². The molecule has 1 aliphatic heterocycles. The number of nitrogens with zero attached hydrogens (tertiary/aromatic N) is 1. The van der Waals surface area contributed by atoms with E-state index in [1.807, 2.05) is 0 Å². The van der Waals surface area contributed by atoms with Gasteiger partial charge in [0.2, 0.25) is 5.91 Å². The number of carbonyl (C=O) groups is 3. The fraction of sp³-hybridized carbons (Fsp3) is 0.250. The Morgan fingerprint density at radius 1 is 1.14 bits per heavy atom. The van der Waals surface area contributed by atoms with Crippen molar-refractivity contribution in [2.75, 3.05) is 26.1 Å². The maximum Gasteiger partial charge on any atom is 0.325 e. The highest BCUT2D eigenvalue weighted by molar-refractivity contribution is 6.10. The summed E-state index contributed by atoms with van der Waals surface area (Å²) in [6.45, 7) is 1.02. The van der Waals surface area contributed by atoms with Crippen molar-refractivity contribution < 1.29 is 28.2 Å². The Morgan fingerprint density at radius 3 is 2.45 bits per heavy atom. The molecule has 1 unspecified atom stereocenters. The summed E-state index contributed by atoms with van der Waals surface area (Å²) in [5, 5.41) is 5.18. The van der Waals surface area contributed by atoms with Gasteiger partial charge in [-0.2, -0.15) is 0 Å². The van der Waals surface area contributed by atoms with Gasteiger partial charge in [0.15, 0.2) is 0 Å². The number of benzene rings is 2. The Balaban J connectivity index is 1.75. The van der Waals surface area contributed by atoms with Crippen molar-refractivity contribution in [2.24, 2.45) is 0 Å². The van der Waals surface area contributed by atoms with Crippen LogP contribution in [0.2, 0.25) is 0 Å². The summed E-state index contributed by atoms with van der Waals surface area (Å²) < 4.78 is 23.5. The Hall–Kier alpha value is -3.62. The quantitative estimate of drug-likeness (QED) is 0.724. The van der Waals surface area contributed by atoms with Crippen LogP contribution < -0.4 is 20.1 Å². The van der Waals surface area contributed by atoms with Gasteiger partial charge in [-0.25, -0.2) is 9.18 Å². The lowest BCUT2D eigenvalue weighted by atomic mass is 9.92. The van der Waals surface area contributed by atoms with E-state index in [1.165, 1.54) is 45.4 Å². The summed E-state index contributed by atoms with van der Waals surface area (Å²) in [5.41, 5.74) is -0.605. The lowest BCUT2D eigenvalue weighted by molar-refractivity contribution is -0.133. The predicted octanol–water partition coefficient (Wildman–Crippen LogP) is 2.25. The number of halogens is 1. The van der Waals surface area contributed by atoms with Crippen LogP contribution in [0.5, 0.6) is 11.5 Å². The van der Waals surface area contributed by atoms with E-state index in [4.69, 9.17) is 9.47 Å².